The average Bonchev–Trinajstić information content (AvgIpc) is 2.30. The third-order valence-corrected chi connectivity index (χ3v) is 2.85. The molecule has 0 aliphatic carbocycles. The number of rotatable bonds is 2. The zero-order valence-corrected chi connectivity index (χ0v) is 10.5. The van der Waals surface area contributed by atoms with Crippen molar-refractivity contribution in [2.75, 3.05) is 0 Å². The van der Waals surface area contributed by atoms with E-state index in [1.54, 1.807) is 12.1 Å². The molecular formula is C15H12F2O2. The summed E-state index contributed by atoms with van der Waals surface area (Å²) in [7, 11) is 0. The van der Waals surface area contributed by atoms with Gasteiger partial charge in [-0.3, -0.25) is 0 Å². The van der Waals surface area contributed by atoms with Gasteiger partial charge in [-0.15, -0.1) is 0 Å². The molecule has 98 valence electrons. The molecule has 0 fully saturated rings. The first kappa shape index (κ1) is 13.2. The molecule has 0 atom stereocenters. The minimum absolute atomic E-state index is 0.0642. The highest BCUT2D eigenvalue weighted by molar-refractivity contribution is 5.88. The van der Waals surface area contributed by atoms with E-state index in [1.165, 1.54) is 6.07 Å². The maximum atomic E-state index is 13.9. The molecule has 0 saturated heterocycles. The molecule has 0 aromatic heterocycles. The number of carbonyl (C=O) groups is 1. The van der Waals surface area contributed by atoms with Gasteiger partial charge in [0, 0.05) is 5.56 Å². The van der Waals surface area contributed by atoms with Crippen molar-refractivity contribution < 1.29 is 18.7 Å². The van der Waals surface area contributed by atoms with Gasteiger partial charge in [0.15, 0.2) is 11.6 Å². The summed E-state index contributed by atoms with van der Waals surface area (Å²) in [5.41, 5.74) is 1.79. The Hall–Kier alpha value is -2.23. The standard InChI is InChI=1S/C15H12F2O2/c1-8-5-9(2)7-10(6-8)11-3-4-12(15(18)19)14(17)13(11)16/h3-7H,1-2H3,(H,18,19). The van der Waals surface area contributed by atoms with Crippen LogP contribution in [-0.4, -0.2) is 11.1 Å². The quantitative estimate of drug-likeness (QED) is 0.889. The van der Waals surface area contributed by atoms with Gasteiger partial charge in [0.25, 0.3) is 0 Å². The Morgan fingerprint density at radius 2 is 1.58 bits per heavy atom. The van der Waals surface area contributed by atoms with E-state index in [4.69, 9.17) is 5.11 Å². The number of hydrogen-bond donors (Lipinski definition) is 1. The van der Waals surface area contributed by atoms with Crippen molar-refractivity contribution in [3.05, 3.63) is 58.7 Å². The van der Waals surface area contributed by atoms with Crippen molar-refractivity contribution in [1.82, 2.24) is 0 Å². The maximum absolute atomic E-state index is 13.9. The summed E-state index contributed by atoms with van der Waals surface area (Å²) in [6.07, 6.45) is 0. The number of carboxylic acid groups (broad SMARTS) is 1. The molecule has 19 heavy (non-hydrogen) atoms. The van der Waals surface area contributed by atoms with E-state index in [-0.39, 0.29) is 5.56 Å². The predicted molar refractivity (Wildman–Crippen MR) is 68.2 cm³/mol. The van der Waals surface area contributed by atoms with Crippen molar-refractivity contribution in [3.8, 4) is 11.1 Å². The van der Waals surface area contributed by atoms with Gasteiger partial charge in [-0.05, 0) is 25.5 Å². The molecule has 2 aromatic rings. The number of aryl methyl sites for hydroxylation is 2. The molecule has 2 aromatic carbocycles. The Kier molecular flexibility index (Phi) is 3.34. The summed E-state index contributed by atoms with van der Waals surface area (Å²) < 4.78 is 27.6. The van der Waals surface area contributed by atoms with Gasteiger partial charge < -0.3 is 5.11 Å². The molecule has 0 aliphatic rings. The van der Waals surface area contributed by atoms with E-state index in [2.05, 4.69) is 0 Å². The van der Waals surface area contributed by atoms with Gasteiger partial charge in [0.2, 0.25) is 0 Å². The molecule has 0 heterocycles. The first-order valence-corrected chi connectivity index (χ1v) is 5.70. The predicted octanol–water partition coefficient (Wildman–Crippen LogP) is 3.95. The van der Waals surface area contributed by atoms with E-state index in [0.717, 1.165) is 17.2 Å². The number of hydrogen-bond acceptors (Lipinski definition) is 1. The highest BCUT2D eigenvalue weighted by atomic mass is 19.2. The van der Waals surface area contributed by atoms with Crippen molar-refractivity contribution in [3.63, 3.8) is 0 Å². The van der Waals surface area contributed by atoms with Crippen LogP contribution in [0.15, 0.2) is 30.3 Å². The Bertz CT molecular complexity index is 643. The van der Waals surface area contributed by atoms with E-state index >= 15 is 0 Å². The molecule has 0 bridgehead atoms. The highest BCUT2D eigenvalue weighted by Crippen LogP contribution is 2.28. The van der Waals surface area contributed by atoms with Crippen LogP contribution in [-0.2, 0) is 0 Å². The van der Waals surface area contributed by atoms with Crippen LogP contribution >= 0.6 is 0 Å². The summed E-state index contributed by atoms with van der Waals surface area (Å²) in [6.45, 7) is 3.72. The molecule has 4 heteroatoms. The van der Waals surface area contributed by atoms with Crippen molar-refractivity contribution in [2.24, 2.45) is 0 Å². The Morgan fingerprint density at radius 1 is 1.00 bits per heavy atom. The zero-order chi connectivity index (χ0) is 14.2. The normalized spacial score (nSPS) is 10.5. The molecule has 0 radical (unpaired) electrons. The Balaban J connectivity index is 2.64. The van der Waals surface area contributed by atoms with Crippen molar-refractivity contribution in [1.29, 1.82) is 0 Å². The smallest absolute Gasteiger partial charge is 0.338 e. The molecule has 0 amide bonds. The van der Waals surface area contributed by atoms with Crippen molar-refractivity contribution >= 4 is 5.97 Å². The second-order valence-corrected chi connectivity index (χ2v) is 4.47. The topological polar surface area (TPSA) is 37.3 Å². The van der Waals surface area contributed by atoms with Gasteiger partial charge in [0.05, 0.1) is 5.56 Å². The van der Waals surface area contributed by atoms with Crippen molar-refractivity contribution in [2.45, 2.75) is 13.8 Å². The third kappa shape index (κ3) is 2.47. The molecule has 0 aliphatic heterocycles. The lowest BCUT2D eigenvalue weighted by molar-refractivity contribution is 0.0690. The first-order chi connectivity index (χ1) is 8.90. The Labute approximate surface area is 109 Å². The van der Waals surface area contributed by atoms with Crippen LogP contribution < -0.4 is 0 Å². The lowest BCUT2D eigenvalue weighted by atomic mass is 9.99. The molecule has 0 unspecified atom stereocenters. The number of benzene rings is 2. The lowest BCUT2D eigenvalue weighted by Gasteiger charge is -2.08. The molecule has 2 rings (SSSR count). The Morgan fingerprint density at radius 3 is 2.11 bits per heavy atom. The second kappa shape index (κ2) is 4.80. The van der Waals surface area contributed by atoms with E-state index in [1.807, 2.05) is 19.9 Å². The van der Waals surface area contributed by atoms with Gasteiger partial charge in [-0.2, -0.15) is 0 Å². The number of aromatic carboxylic acids is 1. The van der Waals surface area contributed by atoms with Crippen LogP contribution in [0, 0.1) is 25.5 Å². The zero-order valence-electron chi connectivity index (χ0n) is 10.5. The maximum Gasteiger partial charge on any atom is 0.338 e. The van der Waals surface area contributed by atoms with Crippen LogP contribution in [0.1, 0.15) is 21.5 Å². The molecule has 1 N–H and O–H groups in total. The van der Waals surface area contributed by atoms with Crippen LogP contribution in [0.25, 0.3) is 11.1 Å². The third-order valence-electron chi connectivity index (χ3n) is 2.85. The van der Waals surface area contributed by atoms with E-state index < -0.39 is 23.2 Å². The minimum Gasteiger partial charge on any atom is -0.478 e. The van der Waals surface area contributed by atoms with Crippen LogP contribution in [0.2, 0.25) is 0 Å². The SMILES string of the molecule is Cc1cc(C)cc(-c2ccc(C(=O)O)c(F)c2F)c1. The monoisotopic (exact) mass is 262 g/mol. The first-order valence-electron chi connectivity index (χ1n) is 5.70. The fourth-order valence-corrected chi connectivity index (χ4v) is 2.07. The summed E-state index contributed by atoms with van der Waals surface area (Å²) in [5.74, 6) is -3.95. The summed E-state index contributed by atoms with van der Waals surface area (Å²) in [6, 6.07) is 7.74. The van der Waals surface area contributed by atoms with Crippen LogP contribution in [0.4, 0.5) is 8.78 Å². The van der Waals surface area contributed by atoms with Gasteiger partial charge in [-0.25, -0.2) is 13.6 Å². The van der Waals surface area contributed by atoms with Crippen LogP contribution in [0.5, 0.6) is 0 Å². The lowest BCUT2D eigenvalue weighted by Crippen LogP contribution is -2.04. The molecule has 0 spiro atoms. The van der Waals surface area contributed by atoms with E-state index in [9.17, 15) is 13.6 Å². The highest BCUT2D eigenvalue weighted by Gasteiger charge is 2.18. The summed E-state index contributed by atoms with van der Waals surface area (Å²) in [5, 5.41) is 8.73. The van der Waals surface area contributed by atoms with Gasteiger partial charge >= 0.3 is 5.97 Å². The average molecular weight is 262 g/mol. The fraction of sp³-hybridized carbons (Fsp3) is 0.133. The van der Waals surface area contributed by atoms with E-state index in [0.29, 0.717) is 5.56 Å². The fourth-order valence-electron chi connectivity index (χ4n) is 2.07. The molecular weight excluding hydrogens is 250 g/mol. The summed E-state index contributed by atoms with van der Waals surface area (Å²) in [4.78, 5) is 10.7. The molecule has 0 saturated carbocycles. The van der Waals surface area contributed by atoms with Gasteiger partial charge in [0.1, 0.15) is 0 Å². The van der Waals surface area contributed by atoms with Crippen LogP contribution in [0.3, 0.4) is 0 Å². The number of carboxylic acids is 1. The number of halogens is 2. The minimum atomic E-state index is -1.48. The summed E-state index contributed by atoms with van der Waals surface area (Å²) >= 11 is 0. The molecule has 2 nitrogen and oxygen atoms in total. The van der Waals surface area contributed by atoms with Gasteiger partial charge in [-0.1, -0.05) is 35.4 Å². The second-order valence-electron chi connectivity index (χ2n) is 4.47. The largest absolute Gasteiger partial charge is 0.478 e.